The fourth-order valence-electron chi connectivity index (χ4n) is 5.49. The molecule has 0 rings (SSSR count). The monoisotopic (exact) mass is 620 g/mol. The highest BCUT2D eigenvalue weighted by atomic mass is 16.3. The van der Waals surface area contributed by atoms with Crippen LogP contribution in [-0.2, 0) is 4.79 Å². The molecule has 258 valence electrons. The van der Waals surface area contributed by atoms with Crippen molar-refractivity contribution in [1.29, 1.82) is 0 Å². The molecule has 0 aliphatic rings. The lowest BCUT2D eigenvalue weighted by Gasteiger charge is -2.21. The Morgan fingerprint density at radius 3 is 1.45 bits per heavy atom. The van der Waals surface area contributed by atoms with Gasteiger partial charge in [-0.3, -0.25) is 4.79 Å². The number of rotatable bonds is 33. The van der Waals surface area contributed by atoms with Crippen molar-refractivity contribution < 1.29 is 20.1 Å². The molecule has 1 amide bonds. The molecule has 0 fully saturated rings. The summed E-state index contributed by atoms with van der Waals surface area (Å²) < 4.78 is 0. The van der Waals surface area contributed by atoms with E-state index < -0.39 is 18.2 Å². The molecule has 5 nitrogen and oxygen atoms in total. The molecule has 3 atom stereocenters. The molecule has 0 aromatic carbocycles. The Balaban J connectivity index is 3.77. The molecule has 0 aliphatic carbocycles. The number of amides is 1. The molecule has 0 heterocycles. The summed E-state index contributed by atoms with van der Waals surface area (Å²) in [6, 6.07) is -0.763. The van der Waals surface area contributed by atoms with Crippen LogP contribution in [0.3, 0.4) is 0 Å². The Labute approximate surface area is 273 Å². The average Bonchev–Trinajstić information content (AvgIpc) is 3.01. The van der Waals surface area contributed by atoms with Crippen LogP contribution in [0.25, 0.3) is 0 Å². The van der Waals surface area contributed by atoms with Gasteiger partial charge in [0, 0.05) is 0 Å². The van der Waals surface area contributed by atoms with Crippen LogP contribution in [0, 0.1) is 0 Å². The molecular weight excluding hydrogens is 546 g/mol. The molecule has 0 saturated carbocycles. The summed E-state index contributed by atoms with van der Waals surface area (Å²) >= 11 is 0. The highest BCUT2D eigenvalue weighted by molar-refractivity contribution is 5.76. The van der Waals surface area contributed by atoms with Crippen LogP contribution >= 0.6 is 0 Å². The van der Waals surface area contributed by atoms with E-state index in [0.717, 1.165) is 38.5 Å². The topological polar surface area (TPSA) is 89.8 Å². The van der Waals surface area contributed by atoms with Gasteiger partial charge in [-0.2, -0.15) is 0 Å². The number of allylic oxidation sites excluding steroid dienone is 5. The first-order valence-corrected chi connectivity index (χ1v) is 18.8. The molecule has 44 heavy (non-hydrogen) atoms. The molecule has 0 spiro atoms. The van der Waals surface area contributed by atoms with Crippen molar-refractivity contribution in [1.82, 2.24) is 5.32 Å². The summed E-state index contributed by atoms with van der Waals surface area (Å²) in [6.45, 7) is 4.15. The molecule has 0 aliphatic heterocycles. The minimum atomic E-state index is -0.955. The standard InChI is InChI=1S/C39H73NO4/c1-3-5-7-9-11-13-15-17-18-19-21-22-24-26-28-30-32-36(42)34-39(44)40-37(35-41)38(43)33-31-29-27-25-23-20-16-14-12-10-8-6-4-2/h12,14,23,25,31,33,36-38,41-43H,3-11,13,15-22,24,26-30,32,34-35H2,1-2H3,(H,40,44)/b14-12+,25-23+,33-31+. The van der Waals surface area contributed by atoms with Gasteiger partial charge in [0.25, 0.3) is 0 Å². The third kappa shape index (κ3) is 30.6. The van der Waals surface area contributed by atoms with E-state index in [4.69, 9.17) is 0 Å². The van der Waals surface area contributed by atoms with Gasteiger partial charge in [0.2, 0.25) is 5.91 Å². The number of unbranched alkanes of at least 4 members (excludes halogenated alkanes) is 20. The normalized spacial score (nSPS) is 14.2. The van der Waals surface area contributed by atoms with Gasteiger partial charge in [-0.15, -0.1) is 0 Å². The number of carbonyl (C=O) groups is 1. The molecule has 0 bridgehead atoms. The van der Waals surface area contributed by atoms with Crippen LogP contribution in [0.15, 0.2) is 36.5 Å². The second-order valence-electron chi connectivity index (χ2n) is 12.8. The van der Waals surface area contributed by atoms with Crippen LogP contribution in [0.5, 0.6) is 0 Å². The highest BCUT2D eigenvalue weighted by Gasteiger charge is 2.20. The van der Waals surface area contributed by atoms with E-state index in [-0.39, 0.29) is 18.9 Å². The van der Waals surface area contributed by atoms with Gasteiger partial charge in [0.15, 0.2) is 0 Å². The molecule has 0 saturated heterocycles. The molecule has 0 aromatic rings. The minimum Gasteiger partial charge on any atom is -0.394 e. The van der Waals surface area contributed by atoms with E-state index in [2.05, 4.69) is 43.5 Å². The Morgan fingerprint density at radius 2 is 0.977 bits per heavy atom. The molecular formula is C39H73NO4. The van der Waals surface area contributed by atoms with Gasteiger partial charge in [-0.1, -0.05) is 166 Å². The lowest BCUT2D eigenvalue weighted by Crippen LogP contribution is -2.45. The van der Waals surface area contributed by atoms with Gasteiger partial charge in [-0.25, -0.2) is 0 Å². The lowest BCUT2D eigenvalue weighted by molar-refractivity contribution is -0.124. The van der Waals surface area contributed by atoms with Crippen molar-refractivity contribution in [2.45, 2.75) is 199 Å². The molecule has 0 aromatic heterocycles. The maximum Gasteiger partial charge on any atom is 0.222 e. The van der Waals surface area contributed by atoms with Crippen LogP contribution in [-0.4, -0.2) is 46.1 Å². The van der Waals surface area contributed by atoms with Gasteiger partial charge in [0.1, 0.15) is 0 Å². The molecule has 4 N–H and O–H groups in total. The van der Waals surface area contributed by atoms with Crippen LogP contribution in [0.1, 0.15) is 181 Å². The van der Waals surface area contributed by atoms with Crippen molar-refractivity contribution in [2.24, 2.45) is 0 Å². The minimum absolute atomic E-state index is 0.00436. The number of nitrogens with one attached hydrogen (secondary N) is 1. The first kappa shape index (κ1) is 42.6. The van der Waals surface area contributed by atoms with Crippen molar-refractivity contribution in [3.05, 3.63) is 36.5 Å². The number of carbonyl (C=O) groups excluding carboxylic acids is 1. The fourth-order valence-corrected chi connectivity index (χ4v) is 5.49. The fraction of sp³-hybridized carbons (Fsp3) is 0.821. The van der Waals surface area contributed by atoms with Crippen molar-refractivity contribution in [3.8, 4) is 0 Å². The predicted octanol–water partition coefficient (Wildman–Crippen LogP) is 10.0. The zero-order valence-corrected chi connectivity index (χ0v) is 29.0. The lowest BCUT2D eigenvalue weighted by atomic mass is 10.0. The summed E-state index contributed by atoms with van der Waals surface area (Å²) in [7, 11) is 0. The van der Waals surface area contributed by atoms with E-state index >= 15 is 0 Å². The van der Waals surface area contributed by atoms with E-state index in [1.165, 1.54) is 116 Å². The largest absolute Gasteiger partial charge is 0.394 e. The quantitative estimate of drug-likeness (QED) is 0.0435. The SMILES string of the molecule is CCCCC/C=C/CC/C=C/CC/C=C/C(O)C(CO)NC(=O)CC(O)CCCCCCCCCCCCCCCCCC. The predicted molar refractivity (Wildman–Crippen MR) is 190 cm³/mol. The van der Waals surface area contributed by atoms with Crippen LogP contribution in [0.4, 0.5) is 0 Å². The number of hydrogen-bond acceptors (Lipinski definition) is 4. The second-order valence-corrected chi connectivity index (χ2v) is 12.8. The molecule has 0 radical (unpaired) electrons. The molecule has 5 heteroatoms. The number of aliphatic hydroxyl groups is 3. The molecule has 3 unspecified atom stereocenters. The zero-order valence-electron chi connectivity index (χ0n) is 29.0. The zero-order chi connectivity index (χ0) is 32.4. The smallest absolute Gasteiger partial charge is 0.222 e. The summed E-state index contributed by atoms with van der Waals surface area (Å²) in [4.78, 5) is 12.4. The van der Waals surface area contributed by atoms with Gasteiger partial charge >= 0.3 is 0 Å². The van der Waals surface area contributed by atoms with E-state index in [0.29, 0.717) is 6.42 Å². The maximum absolute atomic E-state index is 12.4. The highest BCUT2D eigenvalue weighted by Crippen LogP contribution is 2.15. The van der Waals surface area contributed by atoms with Gasteiger partial charge in [-0.05, 0) is 44.9 Å². The number of aliphatic hydroxyl groups excluding tert-OH is 3. The van der Waals surface area contributed by atoms with Gasteiger partial charge < -0.3 is 20.6 Å². The third-order valence-electron chi connectivity index (χ3n) is 8.41. The van der Waals surface area contributed by atoms with E-state index in [9.17, 15) is 20.1 Å². The van der Waals surface area contributed by atoms with E-state index in [1.807, 2.05) is 6.08 Å². The summed E-state index contributed by atoms with van der Waals surface area (Å²) in [5, 5.41) is 33.0. The third-order valence-corrected chi connectivity index (χ3v) is 8.41. The van der Waals surface area contributed by atoms with Crippen molar-refractivity contribution in [2.75, 3.05) is 6.61 Å². The Bertz CT molecular complexity index is 690. The van der Waals surface area contributed by atoms with Crippen molar-refractivity contribution in [3.63, 3.8) is 0 Å². The Morgan fingerprint density at radius 1 is 0.568 bits per heavy atom. The average molecular weight is 620 g/mol. The van der Waals surface area contributed by atoms with Crippen molar-refractivity contribution >= 4 is 5.91 Å². The van der Waals surface area contributed by atoms with Crippen LogP contribution in [0.2, 0.25) is 0 Å². The first-order valence-electron chi connectivity index (χ1n) is 18.8. The maximum atomic E-state index is 12.4. The summed E-state index contributed by atoms with van der Waals surface area (Å²) in [5.41, 5.74) is 0. The van der Waals surface area contributed by atoms with Gasteiger partial charge in [0.05, 0.1) is 31.3 Å². The van der Waals surface area contributed by atoms with E-state index in [1.54, 1.807) is 6.08 Å². The first-order chi connectivity index (χ1) is 21.5. The Hall–Kier alpha value is -1.43. The summed E-state index contributed by atoms with van der Waals surface area (Å²) in [5.74, 6) is -0.331. The number of hydrogen-bond donors (Lipinski definition) is 4. The second kappa shape index (κ2) is 34.4. The Kier molecular flexibility index (Phi) is 33.3. The van der Waals surface area contributed by atoms with Crippen LogP contribution < -0.4 is 5.32 Å². The summed E-state index contributed by atoms with van der Waals surface area (Å²) in [6.07, 6.45) is 41.3.